The van der Waals surface area contributed by atoms with Gasteiger partial charge in [0.25, 0.3) is 5.56 Å². The van der Waals surface area contributed by atoms with Crippen LogP contribution in [0.15, 0.2) is 41.5 Å². The van der Waals surface area contributed by atoms with Crippen LogP contribution in [0.25, 0.3) is 16.7 Å². The van der Waals surface area contributed by atoms with Gasteiger partial charge in [-0.3, -0.25) is 9.20 Å². The lowest BCUT2D eigenvalue weighted by atomic mass is 10.3. The molecule has 84 valence electrons. The zero-order valence-corrected chi connectivity index (χ0v) is 9.12. The zero-order valence-electron chi connectivity index (χ0n) is 9.12. The van der Waals surface area contributed by atoms with Crippen molar-refractivity contribution in [2.75, 3.05) is 7.11 Å². The summed E-state index contributed by atoms with van der Waals surface area (Å²) in [6.07, 6.45) is 3.27. The number of fused-ring (bicyclic) bond motifs is 2. The molecule has 3 heterocycles. The van der Waals surface area contributed by atoms with Crippen LogP contribution in [-0.2, 0) is 0 Å². The van der Waals surface area contributed by atoms with Gasteiger partial charge in [-0.25, -0.2) is 9.97 Å². The van der Waals surface area contributed by atoms with Crippen LogP contribution in [0.1, 0.15) is 0 Å². The van der Waals surface area contributed by atoms with E-state index in [9.17, 15) is 4.79 Å². The number of pyridine rings is 2. The predicted octanol–water partition coefficient (Wildman–Crippen LogP) is 1.25. The first-order valence-electron chi connectivity index (χ1n) is 5.11. The Bertz CT molecular complexity index is 764. The van der Waals surface area contributed by atoms with Gasteiger partial charge in [0.1, 0.15) is 11.4 Å². The SMILES string of the molecule is COc1ccn2c(=O)c3cccnc3nc2c1. The minimum absolute atomic E-state index is 0.124. The van der Waals surface area contributed by atoms with Crippen molar-refractivity contribution in [3.8, 4) is 5.75 Å². The normalized spacial score (nSPS) is 10.9. The van der Waals surface area contributed by atoms with Crippen LogP contribution in [0.4, 0.5) is 0 Å². The molecule has 0 aliphatic heterocycles. The van der Waals surface area contributed by atoms with E-state index in [1.165, 1.54) is 4.40 Å². The largest absolute Gasteiger partial charge is 0.497 e. The molecule has 3 rings (SSSR count). The second-order valence-corrected chi connectivity index (χ2v) is 3.59. The molecular weight excluding hydrogens is 218 g/mol. The molecule has 0 atom stereocenters. The van der Waals surface area contributed by atoms with Gasteiger partial charge in [-0.1, -0.05) is 0 Å². The van der Waals surface area contributed by atoms with Crippen molar-refractivity contribution < 1.29 is 4.74 Å². The molecule has 17 heavy (non-hydrogen) atoms. The first kappa shape index (κ1) is 9.77. The standard InChI is InChI=1S/C12H9N3O2/c1-17-8-4-6-15-10(7-8)14-11-9(12(15)16)3-2-5-13-11/h2-7H,1H3. The van der Waals surface area contributed by atoms with Gasteiger partial charge >= 0.3 is 0 Å². The van der Waals surface area contributed by atoms with E-state index in [2.05, 4.69) is 9.97 Å². The van der Waals surface area contributed by atoms with Gasteiger partial charge in [0, 0.05) is 18.5 Å². The first-order valence-corrected chi connectivity index (χ1v) is 5.11. The Morgan fingerprint density at radius 2 is 2.24 bits per heavy atom. The maximum absolute atomic E-state index is 12.1. The molecule has 0 radical (unpaired) electrons. The highest BCUT2D eigenvalue weighted by atomic mass is 16.5. The molecule has 0 unspecified atom stereocenters. The van der Waals surface area contributed by atoms with Gasteiger partial charge in [-0.2, -0.15) is 0 Å². The number of nitrogens with zero attached hydrogens (tertiary/aromatic N) is 3. The fourth-order valence-electron chi connectivity index (χ4n) is 1.75. The number of aromatic nitrogens is 3. The summed E-state index contributed by atoms with van der Waals surface area (Å²) >= 11 is 0. The van der Waals surface area contributed by atoms with E-state index in [1.807, 2.05) is 0 Å². The van der Waals surface area contributed by atoms with Crippen molar-refractivity contribution in [3.05, 3.63) is 47.0 Å². The van der Waals surface area contributed by atoms with Crippen molar-refractivity contribution >= 4 is 16.7 Å². The van der Waals surface area contributed by atoms with E-state index in [-0.39, 0.29) is 5.56 Å². The molecule has 0 aliphatic rings. The quantitative estimate of drug-likeness (QED) is 0.587. The van der Waals surface area contributed by atoms with Gasteiger partial charge in [0.05, 0.1) is 12.5 Å². The highest BCUT2D eigenvalue weighted by Crippen LogP contribution is 2.13. The number of ether oxygens (including phenoxy) is 1. The summed E-state index contributed by atoms with van der Waals surface area (Å²) in [6.45, 7) is 0. The third kappa shape index (κ3) is 1.44. The van der Waals surface area contributed by atoms with Crippen LogP contribution in [0.5, 0.6) is 5.75 Å². The lowest BCUT2D eigenvalue weighted by Gasteiger charge is -2.04. The molecule has 0 aliphatic carbocycles. The van der Waals surface area contributed by atoms with Crippen LogP contribution < -0.4 is 10.3 Å². The minimum Gasteiger partial charge on any atom is -0.497 e. The molecule has 3 aromatic rings. The van der Waals surface area contributed by atoms with E-state index in [0.717, 1.165) is 0 Å². The zero-order chi connectivity index (χ0) is 11.8. The van der Waals surface area contributed by atoms with Crippen LogP contribution in [0.3, 0.4) is 0 Å². The third-order valence-corrected chi connectivity index (χ3v) is 2.60. The van der Waals surface area contributed by atoms with E-state index in [1.54, 1.807) is 43.8 Å². The second-order valence-electron chi connectivity index (χ2n) is 3.59. The molecular formula is C12H9N3O2. The lowest BCUT2D eigenvalue weighted by Crippen LogP contribution is -2.15. The summed E-state index contributed by atoms with van der Waals surface area (Å²) in [4.78, 5) is 20.5. The van der Waals surface area contributed by atoms with E-state index >= 15 is 0 Å². The van der Waals surface area contributed by atoms with Crippen LogP contribution in [0, 0.1) is 0 Å². The van der Waals surface area contributed by atoms with Crippen molar-refractivity contribution in [3.63, 3.8) is 0 Å². The Morgan fingerprint density at radius 3 is 3.06 bits per heavy atom. The van der Waals surface area contributed by atoms with Crippen molar-refractivity contribution in [1.82, 2.24) is 14.4 Å². The lowest BCUT2D eigenvalue weighted by molar-refractivity contribution is 0.414. The highest BCUT2D eigenvalue weighted by molar-refractivity contribution is 5.75. The van der Waals surface area contributed by atoms with Crippen molar-refractivity contribution in [2.45, 2.75) is 0 Å². The number of hydrogen-bond acceptors (Lipinski definition) is 4. The fraction of sp³-hybridized carbons (Fsp3) is 0.0833. The Kier molecular flexibility index (Phi) is 2.04. The molecule has 0 aromatic carbocycles. The van der Waals surface area contributed by atoms with E-state index in [0.29, 0.717) is 22.4 Å². The Labute approximate surface area is 96.3 Å². The molecule has 0 amide bonds. The smallest absolute Gasteiger partial charge is 0.267 e. The van der Waals surface area contributed by atoms with Crippen LogP contribution in [0.2, 0.25) is 0 Å². The van der Waals surface area contributed by atoms with E-state index in [4.69, 9.17) is 4.74 Å². The molecule has 3 aromatic heterocycles. The summed E-state index contributed by atoms with van der Waals surface area (Å²) in [5.74, 6) is 0.659. The summed E-state index contributed by atoms with van der Waals surface area (Å²) in [7, 11) is 1.57. The molecule has 0 saturated carbocycles. The van der Waals surface area contributed by atoms with Crippen LogP contribution >= 0.6 is 0 Å². The van der Waals surface area contributed by atoms with Gasteiger partial charge in [-0.15, -0.1) is 0 Å². The Hall–Kier alpha value is -2.43. The fourth-order valence-corrected chi connectivity index (χ4v) is 1.75. The Balaban J connectivity index is 2.50. The summed E-state index contributed by atoms with van der Waals surface area (Å²) in [5, 5.41) is 0.509. The second kappa shape index (κ2) is 3.55. The van der Waals surface area contributed by atoms with Gasteiger partial charge in [-0.05, 0) is 18.2 Å². The van der Waals surface area contributed by atoms with E-state index < -0.39 is 0 Å². The number of methoxy groups -OCH3 is 1. The molecule has 5 heteroatoms. The number of rotatable bonds is 1. The van der Waals surface area contributed by atoms with Crippen molar-refractivity contribution in [2.24, 2.45) is 0 Å². The monoisotopic (exact) mass is 227 g/mol. The first-order chi connectivity index (χ1) is 8.29. The molecule has 0 saturated heterocycles. The maximum Gasteiger partial charge on any atom is 0.267 e. The van der Waals surface area contributed by atoms with Gasteiger partial charge in [0.15, 0.2) is 5.65 Å². The molecule has 0 spiro atoms. The maximum atomic E-state index is 12.1. The summed E-state index contributed by atoms with van der Waals surface area (Å²) in [6, 6.07) is 6.86. The topological polar surface area (TPSA) is 56.5 Å². The molecule has 0 bridgehead atoms. The molecule has 0 N–H and O–H groups in total. The number of hydrogen-bond donors (Lipinski definition) is 0. The average molecular weight is 227 g/mol. The van der Waals surface area contributed by atoms with Gasteiger partial charge in [0.2, 0.25) is 0 Å². The van der Waals surface area contributed by atoms with Crippen LogP contribution in [-0.4, -0.2) is 21.5 Å². The molecule has 5 nitrogen and oxygen atoms in total. The highest BCUT2D eigenvalue weighted by Gasteiger charge is 2.06. The van der Waals surface area contributed by atoms with Crippen molar-refractivity contribution in [1.29, 1.82) is 0 Å². The molecule has 0 fully saturated rings. The Morgan fingerprint density at radius 1 is 1.35 bits per heavy atom. The predicted molar refractivity (Wildman–Crippen MR) is 63.3 cm³/mol. The average Bonchev–Trinajstić information content (AvgIpc) is 2.38. The summed E-state index contributed by atoms with van der Waals surface area (Å²) in [5.41, 5.74) is 0.854. The third-order valence-electron chi connectivity index (χ3n) is 2.60. The minimum atomic E-state index is -0.124. The van der Waals surface area contributed by atoms with Gasteiger partial charge < -0.3 is 4.74 Å². The summed E-state index contributed by atoms with van der Waals surface area (Å²) < 4.78 is 6.58.